The van der Waals surface area contributed by atoms with Crippen LogP contribution in [0.4, 0.5) is 0 Å². The van der Waals surface area contributed by atoms with Crippen LogP contribution >= 0.6 is 0 Å². The second-order valence-corrected chi connectivity index (χ2v) is 8.85. The molecule has 0 aliphatic carbocycles. The number of rotatable bonds is 14. The summed E-state index contributed by atoms with van der Waals surface area (Å²) in [6, 6.07) is -2.82. The molecule has 0 fully saturated rings. The topological polar surface area (TPSA) is 160 Å². The third kappa shape index (κ3) is 13.3. The number of nitrogens with one attached hydrogen (secondary N) is 4. The van der Waals surface area contributed by atoms with E-state index in [1.54, 1.807) is 20.8 Å². The Kier molecular flexibility index (Phi) is 12.8. The molecule has 32 heavy (non-hydrogen) atoms. The lowest BCUT2D eigenvalue weighted by molar-refractivity contribution is -0.155. The summed E-state index contributed by atoms with van der Waals surface area (Å²) in [5, 5.41) is 9.63. The standard InChI is InChI=1S/C21H36N4O7/c1-13(2)9-15(11-26)24-19(30)14(3)23-20(31)16(25-17(28)10-22-12-27)7-8-18(29)32-21(4,5)6/h11-16H,7-10H2,1-6H3,(H,22,27)(H,23,31)(H,24,30)(H,25,28)/t14-,15-,16-/m0/s1. The zero-order valence-corrected chi connectivity index (χ0v) is 19.7. The SMILES string of the molecule is CC(C)C[C@@H](C=O)NC(=O)[C@H](C)NC(=O)[C@H](CCC(=O)OC(C)(C)C)NC(=O)CNC=O. The molecule has 3 atom stereocenters. The van der Waals surface area contributed by atoms with Crippen molar-refractivity contribution in [2.75, 3.05) is 6.54 Å². The van der Waals surface area contributed by atoms with Crippen molar-refractivity contribution in [1.29, 1.82) is 0 Å². The predicted molar refractivity (Wildman–Crippen MR) is 116 cm³/mol. The van der Waals surface area contributed by atoms with Gasteiger partial charge in [0, 0.05) is 6.42 Å². The van der Waals surface area contributed by atoms with Gasteiger partial charge in [-0.3, -0.25) is 24.0 Å². The van der Waals surface area contributed by atoms with Crippen LogP contribution in [0.1, 0.15) is 60.8 Å². The molecule has 0 radical (unpaired) electrons. The van der Waals surface area contributed by atoms with Gasteiger partial charge in [-0.2, -0.15) is 0 Å². The molecule has 0 unspecified atom stereocenters. The van der Waals surface area contributed by atoms with Crippen molar-refractivity contribution in [2.24, 2.45) is 5.92 Å². The summed E-state index contributed by atoms with van der Waals surface area (Å²) in [6.07, 6.45) is 1.19. The van der Waals surface area contributed by atoms with E-state index >= 15 is 0 Å². The van der Waals surface area contributed by atoms with E-state index in [0.29, 0.717) is 19.1 Å². The molecule has 0 spiro atoms. The van der Waals surface area contributed by atoms with Crippen LogP contribution in [0.5, 0.6) is 0 Å². The Balaban J connectivity index is 5.09. The maximum Gasteiger partial charge on any atom is 0.306 e. The van der Waals surface area contributed by atoms with E-state index in [9.17, 15) is 28.8 Å². The van der Waals surface area contributed by atoms with E-state index in [2.05, 4.69) is 21.3 Å². The number of hydrogen-bond donors (Lipinski definition) is 4. The Morgan fingerprint density at radius 3 is 2.06 bits per heavy atom. The van der Waals surface area contributed by atoms with Gasteiger partial charge in [0.15, 0.2) is 0 Å². The van der Waals surface area contributed by atoms with Crippen molar-refractivity contribution in [2.45, 2.75) is 84.5 Å². The van der Waals surface area contributed by atoms with Crippen LogP contribution < -0.4 is 21.3 Å². The van der Waals surface area contributed by atoms with E-state index in [1.165, 1.54) is 6.92 Å². The van der Waals surface area contributed by atoms with Gasteiger partial charge in [-0.25, -0.2) is 0 Å². The first-order valence-electron chi connectivity index (χ1n) is 10.5. The van der Waals surface area contributed by atoms with Gasteiger partial charge < -0.3 is 30.8 Å². The third-order valence-corrected chi connectivity index (χ3v) is 4.02. The molecule has 0 aromatic heterocycles. The lowest BCUT2D eigenvalue weighted by Crippen LogP contribution is -2.55. The lowest BCUT2D eigenvalue weighted by Gasteiger charge is -2.23. The van der Waals surface area contributed by atoms with Gasteiger partial charge in [0.05, 0.1) is 12.6 Å². The van der Waals surface area contributed by atoms with E-state index in [4.69, 9.17) is 4.74 Å². The second-order valence-electron chi connectivity index (χ2n) is 8.85. The van der Waals surface area contributed by atoms with Crippen molar-refractivity contribution >= 4 is 36.4 Å². The summed E-state index contributed by atoms with van der Waals surface area (Å²) in [7, 11) is 0. The Bertz CT molecular complexity index is 674. The lowest BCUT2D eigenvalue weighted by atomic mass is 10.0. The molecule has 4 amide bonds. The van der Waals surface area contributed by atoms with Gasteiger partial charge in [-0.1, -0.05) is 13.8 Å². The zero-order valence-electron chi connectivity index (χ0n) is 19.7. The summed E-state index contributed by atoms with van der Waals surface area (Å²) in [6.45, 7) is 10.0. The second kappa shape index (κ2) is 14.2. The molecule has 11 heteroatoms. The van der Waals surface area contributed by atoms with Crippen LogP contribution in [0.25, 0.3) is 0 Å². The van der Waals surface area contributed by atoms with Crippen LogP contribution in [-0.2, 0) is 33.5 Å². The molecule has 0 saturated heterocycles. The first kappa shape index (κ1) is 29.0. The van der Waals surface area contributed by atoms with Crippen molar-refractivity contribution < 1.29 is 33.5 Å². The quantitative estimate of drug-likeness (QED) is 0.204. The highest BCUT2D eigenvalue weighted by atomic mass is 16.6. The minimum atomic E-state index is -1.14. The van der Waals surface area contributed by atoms with Crippen molar-refractivity contribution in [1.82, 2.24) is 21.3 Å². The van der Waals surface area contributed by atoms with Gasteiger partial charge in [0.1, 0.15) is 24.0 Å². The molecule has 0 heterocycles. The van der Waals surface area contributed by atoms with Crippen molar-refractivity contribution in [3.8, 4) is 0 Å². The summed E-state index contributed by atoms with van der Waals surface area (Å²) in [4.78, 5) is 70.5. The molecule has 0 aromatic carbocycles. The van der Waals surface area contributed by atoms with Crippen molar-refractivity contribution in [3.63, 3.8) is 0 Å². The number of aldehydes is 1. The molecule has 0 rings (SSSR count). The van der Waals surface area contributed by atoms with E-state index in [1.807, 2.05) is 13.8 Å². The third-order valence-electron chi connectivity index (χ3n) is 4.02. The average molecular weight is 457 g/mol. The fraction of sp³-hybridized carbons (Fsp3) is 0.714. The predicted octanol–water partition coefficient (Wildman–Crippen LogP) is -0.426. The van der Waals surface area contributed by atoms with E-state index in [0.717, 1.165) is 0 Å². The minimum absolute atomic E-state index is 0.0772. The molecular weight excluding hydrogens is 420 g/mol. The summed E-state index contributed by atoms with van der Waals surface area (Å²) in [5.74, 6) is -2.26. The maximum absolute atomic E-state index is 12.7. The molecule has 182 valence electrons. The van der Waals surface area contributed by atoms with Crippen LogP contribution in [0, 0.1) is 5.92 Å². The van der Waals surface area contributed by atoms with Crippen LogP contribution in [0.2, 0.25) is 0 Å². The van der Waals surface area contributed by atoms with Crippen molar-refractivity contribution in [3.05, 3.63) is 0 Å². The molecule has 11 nitrogen and oxygen atoms in total. The number of amides is 4. The maximum atomic E-state index is 12.7. The zero-order chi connectivity index (χ0) is 24.9. The molecule has 4 N–H and O–H groups in total. The Morgan fingerprint density at radius 2 is 1.56 bits per heavy atom. The Labute approximate surface area is 188 Å². The summed E-state index contributed by atoms with van der Waals surface area (Å²) < 4.78 is 5.21. The number of carbonyl (C=O) groups excluding carboxylic acids is 6. The fourth-order valence-corrected chi connectivity index (χ4v) is 2.65. The first-order chi connectivity index (χ1) is 14.8. The normalized spacial score (nSPS) is 13.8. The van der Waals surface area contributed by atoms with Gasteiger partial charge in [-0.05, 0) is 46.5 Å². The molecule has 0 aromatic rings. The van der Waals surface area contributed by atoms with Gasteiger partial charge in [-0.15, -0.1) is 0 Å². The number of carbonyl (C=O) groups is 6. The van der Waals surface area contributed by atoms with Gasteiger partial charge >= 0.3 is 5.97 Å². The average Bonchev–Trinajstić information content (AvgIpc) is 2.66. The highest BCUT2D eigenvalue weighted by molar-refractivity contribution is 5.93. The van der Waals surface area contributed by atoms with E-state index in [-0.39, 0.29) is 25.3 Å². The van der Waals surface area contributed by atoms with Crippen LogP contribution in [-0.4, -0.2) is 66.7 Å². The smallest absolute Gasteiger partial charge is 0.306 e. The monoisotopic (exact) mass is 456 g/mol. The molecular formula is C21H36N4O7. The fourth-order valence-electron chi connectivity index (χ4n) is 2.65. The molecule has 0 saturated carbocycles. The molecule has 0 bridgehead atoms. The minimum Gasteiger partial charge on any atom is -0.460 e. The van der Waals surface area contributed by atoms with Crippen LogP contribution in [0.15, 0.2) is 0 Å². The molecule has 0 aliphatic rings. The summed E-state index contributed by atoms with van der Waals surface area (Å²) >= 11 is 0. The Morgan fingerprint density at radius 1 is 0.938 bits per heavy atom. The van der Waals surface area contributed by atoms with Crippen LogP contribution in [0.3, 0.4) is 0 Å². The highest BCUT2D eigenvalue weighted by Gasteiger charge is 2.27. The Hall–Kier alpha value is -2.98. The highest BCUT2D eigenvalue weighted by Crippen LogP contribution is 2.10. The number of esters is 1. The first-order valence-corrected chi connectivity index (χ1v) is 10.5. The number of hydrogen-bond acceptors (Lipinski definition) is 7. The number of ether oxygens (including phenoxy) is 1. The summed E-state index contributed by atoms with van der Waals surface area (Å²) in [5.41, 5.74) is -0.705. The molecule has 0 aliphatic heterocycles. The largest absolute Gasteiger partial charge is 0.460 e. The van der Waals surface area contributed by atoms with Gasteiger partial charge in [0.25, 0.3) is 0 Å². The van der Waals surface area contributed by atoms with E-state index < -0.39 is 47.4 Å². The van der Waals surface area contributed by atoms with Gasteiger partial charge in [0.2, 0.25) is 24.1 Å².